The first-order valence-corrected chi connectivity index (χ1v) is 6.64. The normalized spacial score (nSPS) is 12.1. The minimum Gasteiger partial charge on any atom is -0.489 e. The van der Waals surface area contributed by atoms with Gasteiger partial charge in [0, 0.05) is 18.4 Å². The average molecular weight is 256 g/mol. The summed E-state index contributed by atoms with van der Waals surface area (Å²) >= 11 is 0. The summed E-state index contributed by atoms with van der Waals surface area (Å²) in [5.74, 6) is 0.880. The summed E-state index contributed by atoms with van der Waals surface area (Å²) in [7, 11) is 0. The largest absolute Gasteiger partial charge is 0.489 e. The first-order chi connectivity index (χ1) is 9.28. The molecule has 0 bridgehead atoms. The second-order valence-electron chi connectivity index (χ2n) is 4.66. The number of aromatic nitrogens is 1. The molecule has 1 aromatic heterocycles. The summed E-state index contributed by atoms with van der Waals surface area (Å²) in [5.41, 5.74) is 8.31. The van der Waals surface area contributed by atoms with Crippen LogP contribution in [0.3, 0.4) is 0 Å². The second-order valence-corrected chi connectivity index (χ2v) is 4.66. The summed E-state index contributed by atoms with van der Waals surface area (Å²) in [5, 5.41) is 0. The molecule has 2 rings (SSSR count). The van der Waals surface area contributed by atoms with E-state index < -0.39 is 0 Å². The van der Waals surface area contributed by atoms with Crippen molar-refractivity contribution >= 4 is 0 Å². The van der Waals surface area contributed by atoms with Crippen LogP contribution in [0.15, 0.2) is 48.8 Å². The number of nitrogens with zero attached hydrogens (tertiary/aromatic N) is 1. The fraction of sp³-hybridized carbons (Fsp3) is 0.312. The van der Waals surface area contributed by atoms with Crippen molar-refractivity contribution in [3.8, 4) is 5.75 Å². The van der Waals surface area contributed by atoms with E-state index in [1.807, 2.05) is 24.3 Å². The van der Waals surface area contributed by atoms with Crippen molar-refractivity contribution in [2.75, 3.05) is 0 Å². The molecule has 1 atom stereocenters. The van der Waals surface area contributed by atoms with Gasteiger partial charge in [-0.1, -0.05) is 19.1 Å². The van der Waals surface area contributed by atoms with Crippen molar-refractivity contribution in [1.82, 2.24) is 4.98 Å². The van der Waals surface area contributed by atoms with Crippen LogP contribution < -0.4 is 10.5 Å². The second kappa shape index (κ2) is 6.90. The van der Waals surface area contributed by atoms with Gasteiger partial charge in [-0.3, -0.25) is 4.98 Å². The third-order valence-electron chi connectivity index (χ3n) is 3.10. The van der Waals surface area contributed by atoms with Gasteiger partial charge < -0.3 is 10.5 Å². The van der Waals surface area contributed by atoms with E-state index in [1.165, 1.54) is 5.56 Å². The highest BCUT2D eigenvalue weighted by Crippen LogP contribution is 2.15. The number of benzene rings is 1. The molecule has 0 spiro atoms. The summed E-state index contributed by atoms with van der Waals surface area (Å²) < 4.78 is 5.72. The Labute approximate surface area is 114 Å². The zero-order valence-corrected chi connectivity index (χ0v) is 11.3. The Morgan fingerprint density at radius 2 is 1.74 bits per heavy atom. The van der Waals surface area contributed by atoms with Crippen LogP contribution in [0.4, 0.5) is 0 Å². The Bertz CT molecular complexity index is 482. The smallest absolute Gasteiger partial charge is 0.119 e. The number of rotatable bonds is 6. The molecule has 19 heavy (non-hydrogen) atoms. The molecule has 1 heterocycles. The molecule has 3 nitrogen and oxygen atoms in total. The number of ether oxygens (including phenoxy) is 1. The molecule has 2 aromatic rings. The van der Waals surface area contributed by atoms with E-state index in [1.54, 1.807) is 12.4 Å². The van der Waals surface area contributed by atoms with Crippen molar-refractivity contribution in [2.24, 2.45) is 5.73 Å². The predicted molar refractivity (Wildman–Crippen MR) is 77.0 cm³/mol. The predicted octanol–water partition coefficient (Wildman–Crippen LogP) is 2.94. The molecule has 0 amide bonds. The standard InChI is InChI=1S/C16H20N2O/c1-2-15(17)11-13-3-5-16(6-4-13)19-12-14-7-9-18-10-8-14/h3-10,15H,2,11-12,17H2,1H3. The Balaban J connectivity index is 1.88. The highest BCUT2D eigenvalue weighted by Gasteiger charge is 2.02. The third-order valence-corrected chi connectivity index (χ3v) is 3.10. The zero-order valence-electron chi connectivity index (χ0n) is 11.3. The molecule has 0 aliphatic carbocycles. The van der Waals surface area contributed by atoms with E-state index in [4.69, 9.17) is 10.5 Å². The lowest BCUT2D eigenvalue weighted by Crippen LogP contribution is -2.21. The minimum absolute atomic E-state index is 0.239. The minimum atomic E-state index is 0.239. The third kappa shape index (κ3) is 4.38. The van der Waals surface area contributed by atoms with Gasteiger partial charge in [0.1, 0.15) is 12.4 Å². The lowest BCUT2D eigenvalue weighted by atomic mass is 10.0. The molecule has 0 fully saturated rings. The van der Waals surface area contributed by atoms with E-state index in [9.17, 15) is 0 Å². The summed E-state index contributed by atoms with van der Waals surface area (Å²) in [6.07, 6.45) is 5.46. The molecule has 0 aliphatic heterocycles. The number of hydrogen-bond donors (Lipinski definition) is 1. The van der Waals surface area contributed by atoms with E-state index in [0.29, 0.717) is 6.61 Å². The van der Waals surface area contributed by atoms with Crippen molar-refractivity contribution < 1.29 is 4.74 Å². The van der Waals surface area contributed by atoms with Gasteiger partial charge in [0.2, 0.25) is 0 Å². The van der Waals surface area contributed by atoms with E-state index in [2.05, 4.69) is 24.0 Å². The van der Waals surface area contributed by atoms with Crippen molar-refractivity contribution in [1.29, 1.82) is 0 Å². The molecule has 0 radical (unpaired) electrons. The molecule has 100 valence electrons. The van der Waals surface area contributed by atoms with E-state index >= 15 is 0 Å². The van der Waals surface area contributed by atoms with Crippen molar-refractivity contribution in [2.45, 2.75) is 32.4 Å². The molecule has 0 saturated carbocycles. The maximum atomic E-state index is 5.94. The quantitative estimate of drug-likeness (QED) is 0.864. The highest BCUT2D eigenvalue weighted by molar-refractivity contribution is 5.28. The van der Waals surface area contributed by atoms with Gasteiger partial charge >= 0.3 is 0 Å². The van der Waals surface area contributed by atoms with Crippen LogP contribution in [0.5, 0.6) is 5.75 Å². The van der Waals surface area contributed by atoms with Crippen LogP contribution in [0.1, 0.15) is 24.5 Å². The van der Waals surface area contributed by atoms with Gasteiger partial charge in [0.05, 0.1) is 0 Å². The highest BCUT2D eigenvalue weighted by atomic mass is 16.5. The van der Waals surface area contributed by atoms with Gasteiger partial charge in [-0.2, -0.15) is 0 Å². The Hall–Kier alpha value is -1.87. The van der Waals surface area contributed by atoms with Crippen molar-refractivity contribution in [3.63, 3.8) is 0 Å². The Morgan fingerprint density at radius 3 is 2.37 bits per heavy atom. The lowest BCUT2D eigenvalue weighted by Gasteiger charge is -2.10. The van der Waals surface area contributed by atoms with Crippen LogP contribution in [-0.4, -0.2) is 11.0 Å². The van der Waals surface area contributed by atoms with Gasteiger partial charge in [-0.25, -0.2) is 0 Å². The topological polar surface area (TPSA) is 48.1 Å². The van der Waals surface area contributed by atoms with Gasteiger partial charge in [-0.15, -0.1) is 0 Å². The SMILES string of the molecule is CCC(N)Cc1ccc(OCc2ccncc2)cc1. The van der Waals surface area contributed by atoms with Crippen LogP contribution in [-0.2, 0) is 13.0 Å². The van der Waals surface area contributed by atoms with Crippen LogP contribution in [0.2, 0.25) is 0 Å². The van der Waals surface area contributed by atoms with Crippen LogP contribution in [0, 0.1) is 0 Å². The van der Waals surface area contributed by atoms with Crippen LogP contribution >= 0.6 is 0 Å². The summed E-state index contributed by atoms with van der Waals surface area (Å²) in [6, 6.07) is 12.3. The van der Waals surface area contributed by atoms with E-state index in [0.717, 1.165) is 24.2 Å². The number of nitrogens with two attached hydrogens (primary N) is 1. The molecule has 1 aromatic carbocycles. The first kappa shape index (κ1) is 13.6. The fourth-order valence-corrected chi connectivity index (χ4v) is 1.81. The maximum Gasteiger partial charge on any atom is 0.119 e. The lowest BCUT2D eigenvalue weighted by molar-refractivity contribution is 0.306. The summed E-state index contributed by atoms with van der Waals surface area (Å²) in [4.78, 5) is 3.98. The van der Waals surface area contributed by atoms with E-state index in [-0.39, 0.29) is 6.04 Å². The monoisotopic (exact) mass is 256 g/mol. The van der Waals surface area contributed by atoms with Gasteiger partial charge in [0.25, 0.3) is 0 Å². The molecule has 0 saturated heterocycles. The summed E-state index contributed by atoms with van der Waals surface area (Å²) in [6.45, 7) is 2.67. The molecular weight excluding hydrogens is 236 g/mol. The molecule has 2 N–H and O–H groups in total. The molecular formula is C16H20N2O. The number of pyridine rings is 1. The fourth-order valence-electron chi connectivity index (χ4n) is 1.81. The molecule has 3 heteroatoms. The zero-order chi connectivity index (χ0) is 13.5. The molecule has 0 aliphatic rings. The van der Waals surface area contributed by atoms with Gasteiger partial charge in [0.15, 0.2) is 0 Å². The van der Waals surface area contributed by atoms with Crippen LogP contribution in [0.25, 0.3) is 0 Å². The average Bonchev–Trinajstić information content (AvgIpc) is 2.47. The van der Waals surface area contributed by atoms with Crippen molar-refractivity contribution in [3.05, 3.63) is 59.9 Å². The molecule has 1 unspecified atom stereocenters. The van der Waals surface area contributed by atoms with Gasteiger partial charge in [-0.05, 0) is 48.2 Å². The maximum absolute atomic E-state index is 5.94. The Morgan fingerprint density at radius 1 is 1.05 bits per heavy atom. The first-order valence-electron chi connectivity index (χ1n) is 6.64. The number of hydrogen-bond acceptors (Lipinski definition) is 3. The Kier molecular flexibility index (Phi) is 4.93.